The highest BCUT2D eigenvalue weighted by atomic mass is 28.2. The fourth-order valence-corrected chi connectivity index (χ4v) is 2.49. The van der Waals surface area contributed by atoms with Gasteiger partial charge in [-0.25, -0.2) is 0 Å². The highest BCUT2D eigenvalue weighted by molar-refractivity contribution is 6.33. The average molecular weight is 194 g/mol. The first-order valence-electron chi connectivity index (χ1n) is 4.97. The summed E-state index contributed by atoms with van der Waals surface area (Å²) in [6.45, 7) is 6.49. The Morgan fingerprint density at radius 3 is 2.62 bits per heavy atom. The highest BCUT2D eigenvalue weighted by Gasteiger charge is 2.08. The summed E-state index contributed by atoms with van der Waals surface area (Å²) in [6.07, 6.45) is 0. The van der Waals surface area contributed by atoms with Gasteiger partial charge in [-0.2, -0.15) is 0 Å². The van der Waals surface area contributed by atoms with Gasteiger partial charge in [-0.1, -0.05) is 38.6 Å². The third kappa shape index (κ3) is 2.34. The molecule has 2 heteroatoms. The Hall–Kier alpha value is -0.763. The largest absolute Gasteiger partial charge is 0.507 e. The summed E-state index contributed by atoms with van der Waals surface area (Å²) in [7, 11) is -0.00623. The Morgan fingerprint density at radius 1 is 1.38 bits per heavy atom. The molecule has 0 amide bonds. The van der Waals surface area contributed by atoms with Crippen molar-refractivity contribution in [2.75, 3.05) is 0 Å². The van der Waals surface area contributed by atoms with Gasteiger partial charge in [-0.15, -0.1) is 0 Å². The number of hydrogen-bond donors (Lipinski definition) is 1. The van der Waals surface area contributed by atoms with Crippen LogP contribution < -0.4 is 0 Å². The molecule has 0 fully saturated rings. The molecular weight excluding hydrogens is 176 g/mol. The maximum atomic E-state index is 9.91. The fraction of sp³-hybridized carbons (Fsp3) is 0.455. The number of phenolic OH excluding ortho intramolecular Hbond substituents is 1. The van der Waals surface area contributed by atoms with E-state index in [2.05, 4.69) is 26.5 Å². The van der Waals surface area contributed by atoms with Crippen LogP contribution in [-0.2, 0) is 6.04 Å². The second-order valence-electron chi connectivity index (χ2n) is 3.76. The zero-order chi connectivity index (χ0) is 9.84. The maximum Gasteiger partial charge on any atom is 0.121 e. The molecule has 0 spiro atoms. The van der Waals surface area contributed by atoms with Gasteiger partial charge in [0.1, 0.15) is 5.75 Å². The molecule has 0 aliphatic heterocycles. The molecule has 0 unspecified atom stereocenters. The SMILES string of the molecule is C[SiH2]Cc1cccc(C(C)C)c1O. The van der Waals surface area contributed by atoms with Crippen molar-refractivity contribution in [1.29, 1.82) is 0 Å². The van der Waals surface area contributed by atoms with Crippen molar-refractivity contribution >= 4 is 9.52 Å². The lowest BCUT2D eigenvalue weighted by Crippen LogP contribution is -1.96. The van der Waals surface area contributed by atoms with E-state index in [1.54, 1.807) is 0 Å². The first-order valence-corrected chi connectivity index (χ1v) is 7.39. The molecule has 1 aromatic carbocycles. The number of aromatic hydroxyl groups is 1. The zero-order valence-electron chi connectivity index (χ0n) is 8.67. The Kier molecular flexibility index (Phi) is 3.55. The van der Waals surface area contributed by atoms with E-state index in [0.717, 1.165) is 17.2 Å². The first-order chi connectivity index (χ1) is 6.16. The summed E-state index contributed by atoms with van der Waals surface area (Å²) in [6, 6.07) is 7.21. The van der Waals surface area contributed by atoms with Crippen molar-refractivity contribution in [1.82, 2.24) is 0 Å². The van der Waals surface area contributed by atoms with E-state index in [4.69, 9.17) is 0 Å². The van der Waals surface area contributed by atoms with E-state index >= 15 is 0 Å². The number of rotatable bonds is 3. The second-order valence-corrected chi connectivity index (χ2v) is 5.26. The highest BCUT2D eigenvalue weighted by Crippen LogP contribution is 2.28. The molecule has 0 saturated carbocycles. The number of para-hydroxylation sites is 1. The van der Waals surface area contributed by atoms with Crippen molar-refractivity contribution in [2.45, 2.75) is 32.4 Å². The van der Waals surface area contributed by atoms with Gasteiger partial charge in [0.2, 0.25) is 0 Å². The number of phenols is 1. The van der Waals surface area contributed by atoms with Gasteiger partial charge >= 0.3 is 0 Å². The number of hydrogen-bond acceptors (Lipinski definition) is 1. The molecular formula is C11H18OSi. The van der Waals surface area contributed by atoms with Gasteiger partial charge in [0.15, 0.2) is 0 Å². The lowest BCUT2D eigenvalue weighted by molar-refractivity contribution is 0.460. The van der Waals surface area contributed by atoms with Crippen LogP contribution in [0.15, 0.2) is 18.2 Å². The molecule has 1 N–H and O–H groups in total. The van der Waals surface area contributed by atoms with Gasteiger partial charge in [0, 0.05) is 9.52 Å². The standard InChI is InChI=1S/C11H18OSi/c1-8(2)10-6-4-5-9(7-13-3)11(10)12/h4-6,8,12H,7,13H2,1-3H3. The van der Waals surface area contributed by atoms with Gasteiger partial charge in [0.05, 0.1) is 0 Å². The molecule has 13 heavy (non-hydrogen) atoms. The fourth-order valence-electron chi connectivity index (χ4n) is 1.55. The molecule has 0 radical (unpaired) electrons. The molecule has 0 aromatic heterocycles. The van der Waals surface area contributed by atoms with Gasteiger partial charge in [0.25, 0.3) is 0 Å². The summed E-state index contributed by atoms with van der Waals surface area (Å²) in [5.74, 6) is 0.949. The smallest absolute Gasteiger partial charge is 0.121 e. The molecule has 0 bridgehead atoms. The van der Waals surface area contributed by atoms with Crippen LogP contribution in [0.3, 0.4) is 0 Å². The van der Waals surface area contributed by atoms with E-state index in [1.165, 1.54) is 0 Å². The normalized spacial score (nSPS) is 11.7. The molecule has 1 rings (SSSR count). The van der Waals surface area contributed by atoms with E-state index in [0.29, 0.717) is 11.7 Å². The molecule has 72 valence electrons. The van der Waals surface area contributed by atoms with E-state index < -0.39 is 0 Å². The summed E-state index contributed by atoms with van der Waals surface area (Å²) < 4.78 is 0. The molecule has 1 aromatic rings. The zero-order valence-corrected chi connectivity index (χ0v) is 10.1. The third-order valence-corrected chi connectivity index (χ3v) is 3.33. The van der Waals surface area contributed by atoms with Crippen molar-refractivity contribution in [2.24, 2.45) is 0 Å². The molecule has 0 atom stereocenters. The summed E-state index contributed by atoms with van der Waals surface area (Å²) >= 11 is 0. The predicted molar refractivity (Wildman–Crippen MR) is 60.3 cm³/mol. The third-order valence-electron chi connectivity index (χ3n) is 2.29. The second kappa shape index (κ2) is 4.47. The molecule has 0 aliphatic carbocycles. The van der Waals surface area contributed by atoms with Crippen LogP contribution in [0.1, 0.15) is 30.9 Å². The van der Waals surface area contributed by atoms with Crippen LogP contribution in [-0.4, -0.2) is 14.6 Å². The van der Waals surface area contributed by atoms with E-state index in [9.17, 15) is 5.11 Å². The molecule has 0 heterocycles. The summed E-state index contributed by atoms with van der Waals surface area (Å²) in [4.78, 5) is 0. The van der Waals surface area contributed by atoms with Crippen LogP contribution in [0.5, 0.6) is 5.75 Å². The van der Waals surface area contributed by atoms with Crippen molar-refractivity contribution in [3.63, 3.8) is 0 Å². The maximum absolute atomic E-state index is 9.91. The Labute approximate surface area is 82.6 Å². The Bertz CT molecular complexity index is 281. The van der Waals surface area contributed by atoms with E-state index in [1.807, 2.05) is 12.1 Å². The van der Waals surface area contributed by atoms with Crippen LogP contribution in [0.25, 0.3) is 0 Å². The monoisotopic (exact) mass is 194 g/mol. The van der Waals surface area contributed by atoms with Crippen LogP contribution in [0, 0.1) is 0 Å². The van der Waals surface area contributed by atoms with Crippen molar-refractivity contribution in [3.8, 4) is 5.75 Å². The summed E-state index contributed by atoms with van der Waals surface area (Å²) in [5, 5.41) is 9.91. The molecule has 0 saturated heterocycles. The Balaban J connectivity index is 3.03. The minimum absolute atomic E-state index is 0.00623. The lowest BCUT2D eigenvalue weighted by Gasteiger charge is -2.11. The predicted octanol–water partition coefficient (Wildman–Crippen LogP) is 2.23. The quantitative estimate of drug-likeness (QED) is 0.732. The van der Waals surface area contributed by atoms with Gasteiger partial charge in [-0.05, 0) is 23.1 Å². The Morgan fingerprint density at radius 2 is 2.08 bits per heavy atom. The van der Waals surface area contributed by atoms with Crippen LogP contribution >= 0.6 is 0 Å². The first kappa shape index (κ1) is 10.3. The lowest BCUT2D eigenvalue weighted by atomic mass is 10.00. The number of benzene rings is 1. The molecule has 1 nitrogen and oxygen atoms in total. The van der Waals surface area contributed by atoms with Crippen molar-refractivity contribution < 1.29 is 5.11 Å². The van der Waals surface area contributed by atoms with Gasteiger partial charge < -0.3 is 5.11 Å². The molecule has 0 aliphatic rings. The van der Waals surface area contributed by atoms with Crippen LogP contribution in [0.2, 0.25) is 6.55 Å². The van der Waals surface area contributed by atoms with Crippen molar-refractivity contribution in [3.05, 3.63) is 29.3 Å². The minimum atomic E-state index is -0.00623. The van der Waals surface area contributed by atoms with E-state index in [-0.39, 0.29) is 9.52 Å². The summed E-state index contributed by atoms with van der Waals surface area (Å²) in [5.41, 5.74) is 2.22. The van der Waals surface area contributed by atoms with Crippen LogP contribution in [0.4, 0.5) is 0 Å². The van der Waals surface area contributed by atoms with Gasteiger partial charge in [-0.3, -0.25) is 0 Å². The average Bonchev–Trinajstić information content (AvgIpc) is 2.08. The minimum Gasteiger partial charge on any atom is -0.507 e. The topological polar surface area (TPSA) is 20.2 Å².